The summed E-state index contributed by atoms with van der Waals surface area (Å²) in [6.07, 6.45) is 9.93. The lowest BCUT2D eigenvalue weighted by Gasteiger charge is -2.11. The Morgan fingerprint density at radius 3 is 2.71 bits per heavy atom. The Hall–Kier alpha value is -0.970. The Morgan fingerprint density at radius 2 is 2.21 bits per heavy atom. The molecule has 2 saturated carbocycles. The largest absolute Gasteiger partial charge is 0.342 e. The van der Waals surface area contributed by atoms with Gasteiger partial charge in [0.25, 0.3) is 0 Å². The molecule has 0 spiro atoms. The van der Waals surface area contributed by atoms with Crippen molar-refractivity contribution in [1.82, 2.24) is 5.32 Å². The van der Waals surface area contributed by atoms with Crippen LogP contribution in [0.2, 0.25) is 0 Å². The highest BCUT2D eigenvalue weighted by Crippen LogP contribution is 2.57. The van der Waals surface area contributed by atoms with E-state index in [2.05, 4.69) is 11.2 Å². The summed E-state index contributed by atoms with van der Waals surface area (Å²) in [5, 5.41) is 2.93. The number of amides is 1. The highest BCUT2D eigenvalue weighted by atomic mass is 16.2. The molecule has 2 nitrogen and oxygen atoms in total. The maximum Gasteiger partial charge on any atom is 0.224 e. The van der Waals surface area contributed by atoms with E-state index in [9.17, 15) is 4.79 Å². The molecule has 3 atom stereocenters. The van der Waals surface area contributed by atoms with Gasteiger partial charge in [-0.15, -0.1) is 6.42 Å². The zero-order valence-electron chi connectivity index (χ0n) is 8.62. The van der Waals surface area contributed by atoms with Gasteiger partial charge in [0.1, 0.15) is 0 Å². The SMILES string of the molecule is C#CC(CC)NC(=O)C1C2CCCC21. The normalized spacial score (nSPS) is 35.6. The minimum atomic E-state index is -0.0659. The third-order valence-electron chi connectivity index (χ3n) is 3.64. The minimum Gasteiger partial charge on any atom is -0.342 e. The minimum absolute atomic E-state index is 0.0659. The van der Waals surface area contributed by atoms with E-state index in [1.54, 1.807) is 0 Å². The molecule has 1 N–H and O–H groups in total. The van der Waals surface area contributed by atoms with Crippen molar-refractivity contribution in [3.05, 3.63) is 0 Å². The molecule has 2 aliphatic carbocycles. The van der Waals surface area contributed by atoms with Crippen LogP contribution < -0.4 is 5.32 Å². The molecule has 0 saturated heterocycles. The molecule has 1 amide bonds. The first-order valence-corrected chi connectivity index (χ1v) is 5.54. The summed E-state index contributed by atoms with van der Waals surface area (Å²) in [6, 6.07) is -0.0659. The summed E-state index contributed by atoms with van der Waals surface area (Å²) < 4.78 is 0. The molecule has 0 bridgehead atoms. The van der Waals surface area contributed by atoms with Crippen LogP contribution in [0.4, 0.5) is 0 Å². The lowest BCUT2D eigenvalue weighted by atomic mass is 10.1. The van der Waals surface area contributed by atoms with Crippen LogP contribution in [0.1, 0.15) is 32.6 Å². The van der Waals surface area contributed by atoms with Crippen molar-refractivity contribution in [2.24, 2.45) is 17.8 Å². The summed E-state index contributed by atoms with van der Waals surface area (Å²) >= 11 is 0. The van der Waals surface area contributed by atoms with Gasteiger partial charge in [-0.3, -0.25) is 4.79 Å². The van der Waals surface area contributed by atoms with E-state index in [1.165, 1.54) is 19.3 Å². The number of carbonyl (C=O) groups is 1. The summed E-state index contributed by atoms with van der Waals surface area (Å²) in [5.74, 6) is 4.47. The monoisotopic (exact) mass is 191 g/mol. The summed E-state index contributed by atoms with van der Waals surface area (Å²) in [7, 11) is 0. The Labute approximate surface area is 85.5 Å². The first-order valence-electron chi connectivity index (χ1n) is 5.54. The van der Waals surface area contributed by atoms with Gasteiger partial charge in [-0.25, -0.2) is 0 Å². The molecular weight excluding hydrogens is 174 g/mol. The number of rotatable bonds is 3. The number of fused-ring (bicyclic) bond motifs is 1. The van der Waals surface area contributed by atoms with Gasteiger partial charge in [0, 0.05) is 5.92 Å². The number of terminal acetylenes is 1. The first-order chi connectivity index (χ1) is 6.77. The molecule has 0 aromatic rings. The first kappa shape index (κ1) is 9.58. The molecular formula is C12H17NO. The number of nitrogens with one attached hydrogen (secondary N) is 1. The topological polar surface area (TPSA) is 29.1 Å². The molecule has 2 aliphatic rings. The van der Waals surface area contributed by atoms with Gasteiger partial charge in [0.15, 0.2) is 0 Å². The predicted octanol–water partition coefficient (Wildman–Crippen LogP) is 1.56. The van der Waals surface area contributed by atoms with Gasteiger partial charge in [-0.1, -0.05) is 19.3 Å². The van der Waals surface area contributed by atoms with Crippen LogP contribution in [0.15, 0.2) is 0 Å². The van der Waals surface area contributed by atoms with E-state index in [0.29, 0.717) is 17.8 Å². The molecule has 2 heteroatoms. The molecule has 0 radical (unpaired) electrons. The molecule has 3 unspecified atom stereocenters. The average Bonchev–Trinajstić information content (AvgIpc) is 2.69. The maximum absolute atomic E-state index is 11.7. The second-order valence-corrected chi connectivity index (χ2v) is 4.42. The number of hydrogen-bond acceptors (Lipinski definition) is 1. The fourth-order valence-electron chi connectivity index (χ4n) is 2.74. The summed E-state index contributed by atoms with van der Waals surface area (Å²) in [6.45, 7) is 2.00. The van der Waals surface area contributed by atoms with Crippen molar-refractivity contribution in [3.8, 4) is 12.3 Å². The Bertz CT molecular complexity index is 269. The van der Waals surface area contributed by atoms with Crippen molar-refractivity contribution in [1.29, 1.82) is 0 Å². The summed E-state index contributed by atoms with van der Waals surface area (Å²) in [5.41, 5.74) is 0. The lowest BCUT2D eigenvalue weighted by molar-refractivity contribution is -0.123. The van der Waals surface area contributed by atoms with Crippen LogP contribution in [0.25, 0.3) is 0 Å². The predicted molar refractivity (Wildman–Crippen MR) is 55.4 cm³/mol. The Morgan fingerprint density at radius 1 is 1.57 bits per heavy atom. The van der Waals surface area contributed by atoms with E-state index in [1.807, 2.05) is 6.92 Å². The van der Waals surface area contributed by atoms with Gasteiger partial charge in [-0.05, 0) is 31.1 Å². The van der Waals surface area contributed by atoms with Crippen LogP contribution in [0.5, 0.6) is 0 Å². The quantitative estimate of drug-likeness (QED) is 0.674. The van der Waals surface area contributed by atoms with Gasteiger partial charge < -0.3 is 5.32 Å². The number of carbonyl (C=O) groups excluding carboxylic acids is 1. The molecule has 2 rings (SSSR count). The van der Waals surface area contributed by atoms with Crippen LogP contribution in [-0.2, 0) is 4.79 Å². The van der Waals surface area contributed by atoms with E-state index < -0.39 is 0 Å². The molecule has 76 valence electrons. The average molecular weight is 191 g/mol. The van der Waals surface area contributed by atoms with E-state index >= 15 is 0 Å². The third-order valence-corrected chi connectivity index (χ3v) is 3.64. The van der Waals surface area contributed by atoms with Crippen LogP contribution in [-0.4, -0.2) is 11.9 Å². The smallest absolute Gasteiger partial charge is 0.224 e. The zero-order chi connectivity index (χ0) is 10.1. The summed E-state index contributed by atoms with van der Waals surface area (Å²) in [4.78, 5) is 11.7. The highest BCUT2D eigenvalue weighted by molar-refractivity contribution is 5.83. The van der Waals surface area contributed by atoms with Crippen LogP contribution in [0.3, 0.4) is 0 Å². The van der Waals surface area contributed by atoms with Crippen molar-refractivity contribution < 1.29 is 4.79 Å². The van der Waals surface area contributed by atoms with Gasteiger partial charge in [0.2, 0.25) is 5.91 Å². The van der Waals surface area contributed by atoms with Crippen LogP contribution in [0, 0.1) is 30.1 Å². The molecule has 14 heavy (non-hydrogen) atoms. The lowest BCUT2D eigenvalue weighted by Crippen LogP contribution is -2.35. The Kier molecular flexibility index (Phi) is 2.50. The second-order valence-electron chi connectivity index (χ2n) is 4.42. The molecule has 0 aromatic heterocycles. The molecule has 0 aliphatic heterocycles. The van der Waals surface area contributed by atoms with Crippen molar-refractivity contribution in [3.63, 3.8) is 0 Å². The number of hydrogen-bond donors (Lipinski definition) is 1. The van der Waals surface area contributed by atoms with Crippen molar-refractivity contribution in [2.45, 2.75) is 38.6 Å². The zero-order valence-corrected chi connectivity index (χ0v) is 8.62. The molecule has 2 fully saturated rings. The second kappa shape index (κ2) is 3.65. The molecule has 0 heterocycles. The Balaban J connectivity index is 1.83. The highest BCUT2D eigenvalue weighted by Gasteiger charge is 2.56. The third kappa shape index (κ3) is 1.52. The maximum atomic E-state index is 11.7. The van der Waals surface area contributed by atoms with E-state index in [4.69, 9.17) is 6.42 Å². The molecule has 0 aromatic carbocycles. The standard InChI is InChI=1S/C12H17NO/c1-3-8(4-2)13-12(14)11-9-6-5-7-10(9)11/h1,8-11H,4-7H2,2H3,(H,13,14). The fraction of sp³-hybridized carbons (Fsp3) is 0.750. The van der Waals surface area contributed by atoms with E-state index in [-0.39, 0.29) is 11.9 Å². The van der Waals surface area contributed by atoms with Crippen molar-refractivity contribution in [2.75, 3.05) is 0 Å². The van der Waals surface area contributed by atoms with E-state index in [0.717, 1.165) is 6.42 Å². The fourth-order valence-corrected chi connectivity index (χ4v) is 2.74. The van der Waals surface area contributed by atoms with Crippen molar-refractivity contribution >= 4 is 5.91 Å². The van der Waals surface area contributed by atoms with Gasteiger partial charge >= 0.3 is 0 Å². The van der Waals surface area contributed by atoms with Crippen LogP contribution >= 0.6 is 0 Å². The van der Waals surface area contributed by atoms with Gasteiger partial charge in [0.05, 0.1) is 6.04 Å². The van der Waals surface area contributed by atoms with Gasteiger partial charge in [-0.2, -0.15) is 0 Å².